The van der Waals surface area contributed by atoms with Crippen LogP contribution in [0.3, 0.4) is 0 Å². The van der Waals surface area contributed by atoms with Crippen LogP contribution in [-0.4, -0.2) is 60.1 Å². The van der Waals surface area contributed by atoms with Crippen molar-refractivity contribution in [3.63, 3.8) is 0 Å². The Morgan fingerprint density at radius 3 is 2.67 bits per heavy atom. The maximum Gasteiger partial charge on any atom is 0.254 e. The molecule has 1 amide bonds. The van der Waals surface area contributed by atoms with Gasteiger partial charge in [0.2, 0.25) is 0 Å². The van der Waals surface area contributed by atoms with Crippen LogP contribution in [-0.2, 0) is 0 Å². The van der Waals surface area contributed by atoms with E-state index in [1.165, 1.54) is 12.1 Å². The van der Waals surface area contributed by atoms with Crippen molar-refractivity contribution in [2.24, 2.45) is 0 Å². The smallest absolute Gasteiger partial charge is 0.254 e. The molecule has 2 rings (SSSR count). The number of carbonyl (C=O) groups excluding carboxylic acids is 1. The molecule has 1 aromatic rings. The van der Waals surface area contributed by atoms with Gasteiger partial charge < -0.3 is 14.9 Å². The molecule has 1 heterocycles. The molecule has 1 N–H and O–H groups in total. The highest BCUT2D eigenvalue weighted by molar-refractivity contribution is 5.94. The van der Waals surface area contributed by atoms with E-state index in [0.717, 1.165) is 25.9 Å². The van der Waals surface area contributed by atoms with Crippen LogP contribution in [0.25, 0.3) is 0 Å². The van der Waals surface area contributed by atoms with E-state index in [0.29, 0.717) is 17.7 Å². The molecular formula is C16H23FN2O2. The number of likely N-dealkylation sites (tertiary alicyclic amines) is 1. The number of amides is 1. The monoisotopic (exact) mass is 294 g/mol. The van der Waals surface area contributed by atoms with E-state index < -0.39 is 0 Å². The molecule has 1 fully saturated rings. The molecule has 0 saturated carbocycles. The zero-order valence-corrected chi connectivity index (χ0v) is 12.7. The molecule has 116 valence electrons. The Kier molecular flexibility index (Phi) is 5.31. The second-order valence-corrected chi connectivity index (χ2v) is 5.72. The summed E-state index contributed by atoms with van der Waals surface area (Å²) in [6.45, 7) is 3.81. The second-order valence-electron chi connectivity index (χ2n) is 5.72. The van der Waals surface area contributed by atoms with Crippen molar-refractivity contribution in [3.05, 3.63) is 35.1 Å². The van der Waals surface area contributed by atoms with Crippen LogP contribution < -0.4 is 0 Å². The number of nitrogens with zero attached hydrogens (tertiary/aromatic N) is 2. The van der Waals surface area contributed by atoms with Gasteiger partial charge in [0.1, 0.15) is 5.82 Å². The van der Waals surface area contributed by atoms with Gasteiger partial charge in [-0.3, -0.25) is 4.79 Å². The minimum absolute atomic E-state index is 0.0573. The Bertz CT molecular complexity index is 499. The quantitative estimate of drug-likeness (QED) is 0.918. The average Bonchev–Trinajstić information content (AvgIpc) is 2.48. The van der Waals surface area contributed by atoms with Crippen molar-refractivity contribution >= 4 is 5.91 Å². The molecule has 1 aliphatic heterocycles. The zero-order valence-electron chi connectivity index (χ0n) is 12.7. The maximum atomic E-state index is 13.3. The fourth-order valence-corrected chi connectivity index (χ4v) is 2.81. The van der Waals surface area contributed by atoms with Crippen molar-refractivity contribution in [2.75, 3.05) is 33.3 Å². The minimum atomic E-state index is -0.306. The van der Waals surface area contributed by atoms with Gasteiger partial charge in [-0.15, -0.1) is 0 Å². The lowest BCUT2D eigenvalue weighted by atomic mass is 10.0. The van der Waals surface area contributed by atoms with E-state index in [2.05, 4.69) is 11.9 Å². The molecule has 0 unspecified atom stereocenters. The van der Waals surface area contributed by atoms with Crippen molar-refractivity contribution < 1.29 is 14.3 Å². The molecule has 21 heavy (non-hydrogen) atoms. The molecule has 5 heteroatoms. The Labute approximate surface area is 125 Å². The number of hydrogen-bond acceptors (Lipinski definition) is 3. The SMILES string of the molecule is Cc1cc(C(=O)N(CCO)C2CCN(C)CC2)ccc1F. The molecule has 0 radical (unpaired) electrons. The van der Waals surface area contributed by atoms with Gasteiger partial charge in [-0.05, 0) is 63.7 Å². The molecule has 0 bridgehead atoms. The predicted molar refractivity (Wildman–Crippen MR) is 79.8 cm³/mol. The summed E-state index contributed by atoms with van der Waals surface area (Å²) in [5.41, 5.74) is 0.953. The number of aliphatic hydroxyl groups excluding tert-OH is 1. The number of halogens is 1. The molecule has 0 aromatic heterocycles. The zero-order chi connectivity index (χ0) is 15.4. The summed E-state index contributed by atoms with van der Waals surface area (Å²) < 4.78 is 13.3. The second kappa shape index (κ2) is 7.00. The van der Waals surface area contributed by atoms with Gasteiger partial charge in [-0.2, -0.15) is 0 Å². The maximum absolute atomic E-state index is 13.3. The largest absolute Gasteiger partial charge is 0.395 e. The molecule has 1 aliphatic rings. The highest BCUT2D eigenvalue weighted by atomic mass is 19.1. The third-order valence-corrected chi connectivity index (χ3v) is 4.14. The van der Waals surface area contributed by atoms with Crippen LogP contribution in [0, 0.1) is 12.7 Å². The number of piperidine rings is 1. The van der Waals surface area contributed by atoms with E-state index >= 15 is 0 Å². The van der Waals surface area contributed by atoms with Crippen molar-refractivity contribution in [1.82, 2.24) is 9.80 Å². The summed E-state index contributed by atoms with van der Waals surface area (Å²) in [5.74, 6) is -0.429. The third-order valence-electron chi connectivity index (χ3n) is 4.14. The fraction of sp³-hybridized carbons (Fsp3) is 0.562. The highest BCUT2D eigenvalue weighted by Gasteiger charge is 2.27. The Balaban J connectivity index is 2.16. The Hall–Kier alpha value is -1.46. The predicted octanol–water partition coefficient (Wildman–Crippen LogP) is 1.66. The number of aliphatic hydroxyl groups is 1. The van der Waals surface area contributed by atoms with E-state index in [9.17, 15) is 14.3 Å². The Morgan fingerprint density at radius 1 is 1.43 bits per heavy atom. The summed E-state index contributed by atoms with van der Waals surface area (Å²) in [6, 6.07) is 4.57. The number of carbonyl (C=O) groups is 1. The van der Waals surface area contributed by atoms with E-state index in [-0.39, 0.29) is 24.4 Å². The summed E-state index contributed by atoms with van der Waals surface area (Å²) >= 11 is 0. The van der Waals surface area contributed by atoms with Crippen molar-refractivity contribution in [2.45, 2.75) is 25.8 Å². The third kappa shape index (κ3) is 3.80. The van der Waals surface area contributed by atoms with E-state index in [1.807, 2.05) is 0 Å². The molecule has 1 aromatic carbocycles. The fourth-order valence-electron chi connectivity index (χ4n) is 2.81. The van der Waals surface area contributed by atoms with Crippen molar-refractivity contribution in [1.29, 1.82) is 0 Å². The first-order valence-corrected chi connectivity index (χ1v) is 7.39. The first kappa shape index (κ1) is 15.9. The number of rotatable bonds is 4. The van der Waals surface area contributed by atoms with Crippen LogP contribution in [0.1, 0.15) is 28.8 Å². The molecule has 4 nitrogen and oxygen atoms in total. The lowest BCUT2D eigenvalue weighted by molar-refractivity contribution is 0.0540. The molecule has 1 saturated heterocycles. The van der Waals surface area contributed by atoms with Crippen LogP contribution in [0.15, 0.2) is 18.2 Å². The summed E-state index contributed by atoms with van der Waals surface area (Å²) in [4.78, 5) is 16.6. The van der Waals surface area contributed by atoms with Gasteiger partial charge in [0.05, 0.1) is 6.61 Å². The lowest BCUT2D eigenvalue weighted by Gasteiger charge is -2.37. The number of benzene rings is 1. The number of hydrogen-bond donors (Lipinski definition) is 1. The first-order valence-electron chi connectivity index (χ1n) is 7.39. The standard InChI is InChI=1S/C16H23FN2O2/c1-12-11-13(3-4-15(12)17)16(21)19(9-10-20)14-5-7-18(2)8-6-14/h3-4,11,14,20H,5-10H2,1-2H3. The topological polar surface area (TPSA) is 43.8 Å². The van der Waals surface area contributed by atoms with Gasteiger partial charge in [-0.25, -0.2) is 4.39 Å². The van der Waals surface area contributed by atoms with E-state index in [4.69, 9.17) is 0 Å². The normalized spacial score (nSPS) is 17.0. The lowest BCUT2D eigenvalue weighted by Crippen LogP contribution is -2.47. The molecule has 0 atom stereocenters. The molecule has 0 spiro atoms. The first-order chi connectivity index (χ1) is 10.0. The summed E-state index contributed by atoms with van der Waals surface area (Å²) in [5, 5.41) is 9.25. The molecular weight excluding hydrogens is 271 g/mol. The van der Waals surface area contributed by atoms with Gasteiger partial charge in [0.25, 0.3) is 5.91 Å². The van der Waals surface area contributed by atoms with Crippen molar-refractivity contribution in [3.8, 4) is 0 Å². The van der Waals surface area contributed by atoms with Gasteiger partial charge in [-0.1, -0.05) is 0 Å². The van der Waals surface area contributed by atoms with Gasteiger partial charge in [0, 0.05) is 18.2 Å². The number of aryl methyl sites for hydroxylation is 1. The minimum Gasteiger partial charge on any atom is -0.395 e. The summed E-state index contributed by atoms with van der Waals surface area (Å²) in [7, 11) is 2.07. The van der Waals surface area contributed by atoms with Crippen LogP contribution >= 0.6 is 0 Å². The van der Waals surface area contributed by atoms with Crippen LogP contribution in [0.5, 0.6) is 0 Å². The average molecular weight is 294 g/mol. The van der Waals surface area contributed by atoms with Crippen LogP contribution in [0.2, 0.25) is 0 Å². The van der Waals surface area contributed by atoms with E-state index in [1.54, 1.807) is 17.9 Å². The Morgan fingerprint density at radius 2 is 2.10 bits per heavy atom. The highest BCUT2D eigenvalue weighted by Crippen LogP contribution is 2.19. The van der Waals surface area contributed by atoms with Crippen LogP contribution in [0.4, 0.5) is 4.39 Å². The summed E-state index contributed by atoms with van der Waals surface area (Å²) in [6.07, 6.45) is 1.81. The van der Waals surface area contributed by atoms with Gasteiger partial charge in [0.15, 0.2) is 0 Å². The molecule has 0 aliphatic carbocycles. The van der Waals surface area contributed by atoms with Gasteiger partial charge >= 0.3 is 0 Å².